The number of nitrogens with one attached hydrogen (secondary N) is 2. The van der Waals surface area contributed by atoms with Crippen molar-refractivity contribution in [1.29, 1.82) is 0 Å². The van der Waals surface area contributed by atoms with E-state index < -0.39 is 17.8 Å². The Hall–Kier alpha value is -3.12. The monoisotopic (exact) mass is 480 g/mol. The van der Waals surface area contributed by atoms with Crippen LogP contribution in [0.4, 0.5) is 13.2 Å². The number of rotatable bonds is 8. The molecule has 3 aromatic rings. The minimum atomic E-state index is -4.36. The van der Waals surface area contributed by atoms with Gasteiger partial charge in [0.05, 0.1) is 5.56 Å². The van der Waals surface area contributed by atoms with Crippen molar-refractivity contribution in [3.8, 4) is 0 Å². The molecule has 2 N–H and O–H groups in total. The summed E-state index contributed by atoms with van der Waals surface area (Å²) in [4.78, 5) is 12.5. The molecule has 0 heterocycles. The van der Waals surface area contributed by atoms with Crippen molar-refractivity contribution >= 4 is 5.91 Å². The maximum Gasteiger partial charge on any atom is 0.416 e. The number of likely N-dealkylation sites (N-methyl/N-ethyl adjacent to an activating group) is 1. The predicted molar refractivity (Wildman–Crippen MR) is 132 cm³/mol. The van der Waals surface area contributed by atoms with E-state index in [2.05, 4.69) is 28.8 Å². The van der Waals surface area contributed by atoms with Gasteiger partial charge >= 0.3 is 6.18 Å². The summed E-state index contributed by atoms with van der Waals surface area (Å²) in [5.41, 5.74) is 4.87. The van der Waals surface area contributed by atoms with E-state index in [-0.39, 0.29) is 11.8 Å². The second-order valence-corrected chi connectivity index (χ2v) is 9.11. The Balaban J connectivity index is 1.58. The first kappa shape index (κ1) is 25.0. The summed E-state index contributed by atoms with van der Waals surface area (Å²) in [7, 11) is 1.61. The van der Waals surface area contributed by atoms with Gasteiger partial charge in [-0.2, -0.15) is 13.2 Å². The van der Waals surface area contributed by atoms with E-state index in [0.29, 0.717) is 13.0 Å². The fraction of sp³-hybridized carbons (Fsp3) is 0.345. The lowest BCUT2D eigenvalue weighted by Crippen LogP contribution is -2.36. The largest absolute Gasteiger partial charge is 0.416 e. The highest BCUT2D eigenvalue weighted by molar-refractivity contribution is 5.82. The minimum Gasteiger partial charge on any atom is -0.358 e. The number of carbonyl (C=O) groups is 1. The van der Waals surface area contributed by atoms with Crippen LogP contribution in [-0.2, 0) is 23.8 Å². The van der Waals surface area contributed by atoms with E-state index in [9.17, 15) is 18.0 Å². The van der Waals surface area contributed by atoms with Gasteiger partial charge < -0.3 is 10.6 Å². The molecule has 0 saturated heterocycles. The molecule has 1 aliphatic carbocycles. The fourth-order valence-electron chi connectivity index (χ4n) is 4.92. The number of halogens is 3. The normalized spacial score (nSPS) is 15.2. The van der Waals surface area contributed by atoms with Crippen LogP contribution in [0.5, 0.6) is 0 Å². The van der Waals surface area contributed by atoms with Crippen LogP contribution in [0.3, 0.4) is 0 Å². The molecule has 0 bridgehead atoms. The molecule has 3 aromatic carbocycles. The zero-order valence-corrected chi connectivity index (χ0v) is 19.9. The van der Waals surface area contributed by atoms with Crippen molar-refractivity contribution in [2.24, 2.45) is 0 Å². The Morgan fingerprint density at radius 1 is 0.857 bits per heavy atom. The summed E-state index contributed by atoms with van der Waals surface area (Å²) in [5.74, 6) is -0.214. The zero-order valence-electron chi connectivity index (χ0n) is 19.9. The number of alkyl halides is 3. The highest BCUT2D eigenvalue weighted by Crippen LogP contribution is 2.34. The first-order chi connectivity index (χ1) is 16.9. The number of hydrogen-bond acceptors (Lipinski definition) is 2. The van der Waals surface area contributed by atoms with Crippen LogP contribution in [-0.4, -0.2) is 19.5 Å². The van der Waals surface area contributed by atoms with Crippen LogP contribution < -0.4 is 10.6 Å². The van der Waals surface area contributed by atoms with E-state index in [4.69, 9.17) is 0 Å². The van der Waals surface area contributed by atoms with Gasteiger partial charge in [0, 0.05) is 13.0 Å². The molecule has 35 heavy (non-hydrogen) atoms. The third kappa shape index (κ3) is 6.12. The van der Waals surface area contributed by atoms with Crippen LogP contribution in [0.1, 0.15) is 64.6 Å². The molecule has 0 unspecified atom stereocenters. The second kappa shape index (κ2) is 11.1. The molecule has 3 nitrogen and oxygen atoms in total. The van der Waals surface area contributed by atoms with Crippen molar-refractivity contribution in [1.82, 2.24) is 10.6 Å². The van der Waals surface area contributed by atoms with E-state index in [0.717, 1.165) is 48.1 Å². The summed E-state index contributed by atoms with van der Waals surface area (Å²) in [6.07, 6.45) is 0.746. The topological polar surface area (TPSA) is 41.1 Å². The van der Waals surface area contributed by atoms with E-state index in [1.807, 2.05) is 30.3 Å². The number of aryl methyl sites for hydroxylation is 2. The summed E-state index contributed by atoms with van der Waals surface area (Å²) in [5, 5.41) is 6.07. The van der Waals surface area contributed by atoms with Gasteiger partial charge in [0.2, 0.25) is 5.91 Å². The Morgan fingerprint density at radius 2 is 1.51 bits per heavy atom. The van der Waals surface area contributed by atoms with Gasteiger partial charge in [-0.05, 0) is 78.6 Å². The smallest absolute Gasteiger partial charge is 0.358 e. The summed E-state index contributed by atoms with van der Waals surface area (Å²) in [6.45, 7) is 0.524. The molecular formula is C29H31F3N2O. The number of benzene rings is 3. The minimum absolute atomic E-state index is 0.0851. The van der Waals surface area contributed by atoms with Gasteiger partial charge in [0.25, 0.3) is 0 Å². The first-order valence-electron chi connectivity index (χ1n) is 12.2. The van der Waals surface area contributed by atoms with Crippen molar-refractivity contribution in [3.63, 3.8) is 0 Å². The average molecular weight is 481 g/mol. The van der Waals surface area contributed by atoms with Crippen LogP contribution >= 0.6 is 0 Å². The highest BCUT2D eigenvalue weighted by Gasteiger charge is 2.30. The summed E-state index contributed by atoms with van der Waals surface area (Å²) in [6, 6.07) is 21.0. The molecule has 0 spiro atoms. The van der Waals surface area contributed by atoms with E-state index in [1.54, 1.807) is 19.2 Å². The van der Waals surface area contributed by atoms with Gasteiger partial charge in [-0.1, -0.05) is 60.7 Å². The SMILES string of the molecule is CNC(=O)[C@H](NCC[C@@H](c1ccc(C(F)(F)F)cc1)c1ccc2c(c1)CCCC2)c1ccccc1. The summed E-state index contributed by atoms with van der Waals surface area (Å²) < 4.78 is 39.4. The number of fused-ring (bicyclic) bond motifs is 1. The third-order valence-electron chi connectivity index (χ3n) is 6.84. The third-order valence-corrected chi connectivity index (χ3v) is 6.84. The average Bonchev–Trinajstić information content (AvgIpc) is 2.88. The molecule has 2 atom stereocenters. The molecule has 4 rings (SSSR count). The molecule has 184 valence electrons. The Bertz CT molecular complexity index is 1130. The molecule has 0 aliphatic heterocycles. The molecule has 0 fully saturated rings. The second-order valence-electron chi connectivity index (χ2n) is 9.11. The van der Waals surface area contributed by atoms with Gasteiger partial charge in [0.1, 0.15) is 6.04 Å². The molecule has 0 aromatic heterocycles. The molecule has 1 amide bonds. The van der Waals surface area contributed by atoms with Crippen LogP contribution in [0.2, 0.25) is 0 Å². The Morgan fingerprint density at radius 3 is 2.17 bits per heavy atom. The molecule has 6 heteroatoms. The van der Waals surface area contributed by atoms with Gasteiger partial charge in [-0.3, -0.25) is 4.79 Å². The van der Waals surface area contributed by atoms with Gasteiger partial charge in [-0.15, -0.1) is 0 Å². The maximum atomic E-state index is 13.1. The lowest BCUT2D eigenvalue weighted by Gasteiger charge is -2.24. The predicted octanol–water partition coefficient (Wildman–Crippen LogP) is 6.18. The Kier molecular flexibility index (Phi) is 7.91. The van der Waals surface area contributed by atoms with Crippen molar-refractivity contribution in [3.05, 3.63) is 106 Å². The van der Waals surface area contributed by atoms with Gasteiger partial charge in [0.15, 0.2) is 0 Å². The Labute approximate surface area is 204 Å². The first-order valence-corrected chi connectivity index (χ1v) is 12.2. The molecule has 0 radical (unpaired) electrons. The molecule has 1 aliphatic rings. The van der Waals surface area contributed by atoms with Crippen molar-refractivity contribution in [2.45, 2.75) is 50.2 Å². The highest BCUT2D eigenvalue weighted by atomic mass is 19.4. The number of hydrogen-bond donors (Lipinski definition) is 2. The molecule has 0 saturated carbocycles. The lowest BCUT2D eigenvalue weighted by molar-refractivity contribution is -0.137. The quantitative estimate of drug-likeness (QED) is 0.404. The zero-order chi connectivity index (χ0) is 24.8. The van der Waals surface area contributed by atoms with Crippen LogP contribution in [0, 0.1) is 0 Å². The summed E-state index contributed by atoms with van der Waals surface area (Å²) >= 11 is 0. The van der Waals surface area contributed by atoms with Gasteiger partial charge in [-0.25, -0.2) is 0 Å². The molecular weight excluding hydrogens is 449 g/mol. The van der Waals surface area contributed by atoms with Crippen LogP contribution in [0.15, 0.2) is 72.8 Å². The van der Waals surface area contributed by atoms with E-state index in [1.165, 1.54) is 17.5 Å². The number of carbonyl (C=O) groups excluding carboxylic acids is 1. The standard InChI is InChI=1S/C29H31F3N2O/c1-33-28(35)27(22-8-3-2-4-9-22)34-18-17-26(21-13-15-25(16-14-21)29(30,31)32)24-12-11-20-7-5-6-10-23(20)19-24/h2-4,8-9,11-16,19,26-27,34H,5-7,10,17-18H2,1H3,(H,33,35)/t26-,27+/m0/s1. The number of amides is 1. The van der Waals surface area contributed by atoms with E-state index >= 15 is 0 Å². The van der Waals surface area contributed by atoms with Crippen molar-refractivity contribution < 1.29 is 18.0 Å². The maximum absolute atomic E-state index is 13.1. The van der Waals surface area contributed by atoms with Crippen molar-refractivity contribution in [2.75, 3.05) is 13.6 Å². The lowest BCUT2D eigenvalue weighted by atomic mass is 9.83. The van der Waals surface area contributed by atoms with Crippen LogP contribution in [0.25, 0.3) is 0 Å². The fourth-order valence-corrected chi connectivity index (χ4v) is 4.92.